The molecular formula is C28H24ClN8O+. The number of H-pyrrole nitrogens is 1. The first-order valence-electron chi connectivity index (χ1n) is 12.3. The molecule has 1 N–H and O–H groups in total. The Kier molecular flexibility index (Phi) is 6.32. The number of benzene rings is 2. The van der Waals surface area contributed by atoms with Crippen molar-refractivity contribution in [2.75, 3.05) is 7.11 Å². The molecule has 9 nitrogen and oxygen atoms in total. The molecule has 0 saturated heterocycles. The summed E-state index contributed by atoms with van der Waals surface area (Å²) in [6.45, 7) is 0. The molecule has 10 heteroatoms. The fourth-order valence-corrected chi connectivity index (χ4v) is 4.94. The van der Waals surface area contributed by atoms with E-state index in [9.17, 15) is 5.26 Å². The number of tetrazole rings is 1. The van der Waals surface area contributed by atoms with Crippen LogP contribution in [0.3, 0.4) is 0 Å². The van der Waals surface area contributed by atoms with Gasteiger partial charge in [-0.3, -0.25) is 4.84 Å². The lowest BCUT2D eigenvalue weighted by Crippen LogP contribution is -2.45. The van der Waals surface area contributed by atoms with Crippen molar-refractivity contribution in [2.45, 2.75) is 25.2 Å². The van der Waals surface area contributed by atoms with Gasteiger partial charge in [-0.15, -0.1) is 5.10 Å². The molecule has 1 aliphatic rings. The molecule has 3 heterocycles. The number of nitriles is 1. The van der Waals surface area contributed by atoms with Gasteiger partial charge in [0, 0.05) is 26.9 Å². The van der Waals surface area contributed by atoms with E-state index in [2.05, 4.69) is 38.7 Å². The quantitative estimate of drug-likeness (QED) is 0.299. The first kappa shape index (κ1) is 23.8. The molecule has 0 aliphatic heterocycles. The van der Waals surface area contributed by atoms with Crippen molar-refractivity contribution in [1.29, 1.82) is 5.26 Å². The summed E-state index contributed by atoms with van der Waals surface area (Å²) < 4.78 is 3.41. The highest BCUT2D eigenvalue weighted by atomic mass is 35.5. The van der Waals surface area contributed by atoms with E-state index in [0.717, 1.165) is 46.0 Å². The van der Waals surface area contributed by atoms with Crippen LogP contribution < -0.4 is 9.57 Å². The number of pyridine rings is 1. The molecular weight excluding hydrogens is 500 g/mol. The molecule has 1 aliphatic carbocycles. The Morgan fingerprint density at radius 3 is 2.84 bits per heavy atom. The zero-order valence-corrected chi connectivity index (χ0v) is 21.4. The van der Waals surface area contributed by atoms with Gasteiger partial charge in [0.25, 0.3) is 0 Å². The van der Waals surface area contributed by atoms with Crippen molar-refractivity contribution >= 4 is 11.6 Å². The van der Waals surface area contributed by atoms with Crippen LogP contribution in [0.25, 0.3) is 28.1 Å². The molecule has 5 aromatic rings. The summed E-state index contributed by atoms with van der Waals surface area (Å²) in [5.74, 6) is 1.52. The van der Waals surface area contributed by atoms with Gasteiger partial charge in [0.05, 0.1) is 34.8 Å². The second-order valence-corrected chi connectivity index (χ2v) is 9.81. The van der Waals surface area contributed by atoms with Gasteiger partial charge in [-0.05, 0) is 59.2 Å². The fraction of sp³-hybridized carbons (Fsp3) is 0.214. The summed E-state index contributed by atoms with van der Waals surface area (Å²) in [7, 11) is 1.66. The molecule has 3 aromatic heterocycles. The van der Waals surface area contributed by atoms with Gasteiger partial charge in [-0.25, -0.2) is 4.98 Å². The zero-order chi connectivity index (χ0) is 26.1. The van der Waals surface area contributed by atoms with Crippen LogP contribution >= 0.6 is 11.6 Å². The third-order valence-electron chi connectivity index (χ3n) is 6.86. The van der Waals surface area contributed by atoms with E-state index >= 15 is 0 Å². The van der Waals surface area contributed by atoms with Crippen molar-refractivity contribution in [1.82, 2.24) is 30.2 Å². The number of rotatable bonds is 8. The van der Waals surface area contributed by atoms with E-state index in [4.69, 9.17) is 21.4 Å². The van der Waals surface area contributed by atoms with Crippen LogP contribution in [0, 0.1) is 17.2 Å². The predicted octanol–water partition coefficient (Wildman–Crippen LogP) is 4.52. The number of aromatic nitrogens is 7. The van der Waals surface area contributed by atoms with Gasteiger partial charge >= 0.3 is 0 Å². The topological polar surface area (TPSA) is 109 Å². The van der Waals surface area contributed by atoms with Crippen molar-refractivity contribution in [3.05, 3.63) is 95.4 Å². The van der Waals surface area contributed by atoms with Gasteiger partial charge in [-0.2, -0.15) is 9.94 Å². The summed E-state index contributed by atoms with van der Waals surface area (Å²) in [6, 6.07) is 19.5. The van der Waals surface area contributed by atoms with Crippen LogP contribution in [0.2, 0.25) is 5.02 Å². The SMILES string of the molecule is CO[n+]1cc(-c2cc(Cl)ccc2-n2cnnn2)ccc1C(CC1CC1)c1ncc(-c2cccc(C#N)c2)[nH]1. The van der Waals surface area contributed by atoms with E-state index < -0.39 is 0 Å². The summed E-state index contributed by atoms with van der Waals surface area (Å²) in [6.07, 6.45) is 8.74. The molecule has 0 radical (unpaired) electrons. The lowest BCUT2D eigenvalue weighted by atomic mass is 9.95. The Bertz CT molecular complexity index is 1640. The number of halogens is 1. The minimum absolute atomic E-state index is 0.00254. The van der Waals surface area contributed by atoms with E-state index in [1.165, 1.54) is 12.8 Å². The number of hydrogen-bond donors (Lipinski definition) is 1. The normalized spacial score (nSPS) is 13.7. The highest BCUT2D eigenvalue weighted by Gasteiger charge is 2.35. The molecule has 38 heavy (non-hydrogen) atoms. The maximum Gasteiger partial charge on any atom is 0.244 e. The minimum atomic E-state index is 0.00254. The smallest absolute Gasteiger partial charge is 0.244 e. The molecule has 1 atom stereocenters. The minimum Gasteiger partial charge on any atom is -0.341 e. The Balaban J connectivity index is 1.40. The van der Waals surface area contributed by atoms with Crippen LogP contribution in [-0.2, 0) is 0 Å². The summed E-state index contributed by atoms with van der Waals surface area (Å²) in [4.78, 5) is 14.1. The molecule has 0 amide bonds. The molecule has 2 aromatic carbocycles. The number of nitrogens with one attached hydrogen (secondary N) is 1. The first-order chi connectivity index (χ1) is 18.6. The molecule has 1 saturated carbocycles. The molecule has 0 spiro atoms. The molecule has 188 valence electrons. The Labute approximate surface area is 224 Å². The van der Waals surface area contributed by atoms with Gasteiger partial charge in [-0.1, -0.05) is 36.6 Å². The van der Waals surface area contributed by atoms with Gasteiger partial charge < -0.3 is 4.98 Å². The summed E-state index contributed by atoms with van der Waals surface area (Å²) in [5, 5.41) is 21.5. The standard InChI is InChI=1S/C28H24ClN8O/c1-38-37-16-21(23-13-22(29)8-10-26(23)36-17-32-34-35-36)7-9-27(37)24(12-18-5-6-18)28-31-15-25(33-28)20-4-2-3-19(11-20)14-30/h2-4,7-11,13,15-18,24H,5-6,12H2,1H3,(H,31,33)/q+1. The number of hydrogen-bond acceptors (Lipinski definition) is 6. The first-order valence-corrected chi connectivity index (χ1v) is 12.7. The fourth-order valence-electron chi connectivity index (χ4n) is 4.77. The zero-order valence-electron chi connectivity index (χ0n) is 20.6. The molecule has 6 rings (SSSR count). The number of aromatic amines is 1. The van der Waals surface area contributed by atoms with Gasteiger partial charge in [0.15, 0.2) is 0 Å². The van der Waals surface area contributed by atoms with Crippen LogP contribution in [0.4, 0.5) is 0 Å². The van der Waals surface area contributed by atoms with Crippen molar-refractivity contribution in [3.63, 3.8) is 0 Å². The number of nitrogens with zero attached hydrogens (tertiary/aromatic N) is 7. The third-order valence-corrected chi connectivity index (χ3v) is 7.09. The average Bonchev–Trinajstić information content (AvgIpc) is 3.38. The third kappa shape index (κ3) is 4.74. The second kappa shape index (κ2) is 10.1. The summed E-state index contributed by atoms with van der Waals surface area (Å²) >= 11 is 6.37. The number of imidazole rings is 1. The summed E-state index contributed by atoms with van der Waals surface area (Å²) in [5.41, 5.74) is 5.99. The van der Waals surface area contributed by atoms with Crippen LogP contribution in [-0.4, -0.2) is 37.3 Å². The van der Waals surface area contributed by atoms with E-state index in [1.54, 1.807) is 28.9 Å². The van der Waals surface area contributed by atoms with E-state index in [1.807, 2.05) is 48.8 Å². The molecule has 1 fully saturated rings. The Morgan fingerprint density at radius 1 is 1.18 bits per heavy atom. The maximum atomic E-state index is 9.29. The maximum absolute atomic E-state index is 9.29. The van der Waals surface area contributed by atoms with Crippen molar-refractivity contribution < 1.29 is 9.57 Å². The predicted molar refractivity (Wildman–Crippen MR) is 140 cm³/mol. The van der Waals surface area contributed by atoms with Crippen LogP contribution in [0.15, 0.2) is 73.3 Å². The van der Waals surface area contributed by atoms with Gasteiger partial charge in [0.1, 0.15) is 25.2 Å². The van der Waals surface area contributed by atoms with E-state index in [-0.39, 0.29) is 5.92 Å². The lowest BCUT2D eigenvalue weighted by molar-refractivity contribution is -0.890. The highest BCUT2D eigenvalue weighted by molar-refractivity contribution is 6.31. The van der Waals surface area contributed by atoms with Gasteiger partial charge in [0.2, 0.25) is 11.9 Å². The average molecular weight is 524 g/mol. The van der Waals surface area contributed by atoms with Crippen LogP contribution in [0.5, 0.6) is 0 Å². The molecule has 1 unspecified atom stereocenters. The largest absolute Gasteiger partial charge is 0.341 e. The van der Waals surface area contributed by atoms with Crippen molar-refractivity contribution in [3.8, 4) is 34.1 Å². The highest BCUT2D eigenvalue weighted by Crippen LogP contribution is 2.41. The van der Waals surface area contributed by atoms with Crippen LogP contribution in [0.1, 0.15) is 42.3 Å². The van der Waals surface area contributed by atoms with E-state index in [0.29, 0.717) is 16.5 Å². The Hall–Kier alpha value is -4.55. The van der Waals surface area contributed by atoms with Crippen molar-refractivity contribution in [2.24, 2.45) is 5.92 Å². The lowest BCUT2D eigenvalue weighted by Gasteiger charge is -2.14. The molecule has 0 bridgehead atoms. The monoisotopic (exact) mass is 523 g/mol. The Morgan fingerprint density at radius 2 is 2.08 bits per heavy atom. The second-order valence-electron chi connectivity index (χ2n) is 9.37.